The van der Waals surface area contributed by atoms with Crippen molar-refractivity contribution < 1.29 is 14.4 Å². The maximum Gasteiger partial charge on any atom is 0.325 e. The van der Waals surface area contributed by atoms with Crippen LogP contribution in [0.1, 0.15) is 52.0 Å². The highest BCUT2D eigenvalue weighted by Gasteiger charge is 2.54. The molecule has 0 aromatic heterocycles. The Bertz CT molecular complexity index is 848. The fourth-order valence-electron chi connectivity index (χ4n) is 5.20. The number of likely N-dealkylation sites (tertiary alicyclic amines) is 2. The van der Waals surface area contributed by atoms with Crippen LogP contribution >= 0.6 is 0 Å². The third-order valence-corrected chi connectivity index (χ3v) is 7.22. The predicted octanol–water partition coefficient (Wildman–Crippen LogP) is 2.65. The molecule has 1 spiro atoms. The van der Waals surface area contributed by atoms with Crippen molar-refractivity contribution in [2.24, 2.45) is 5.41 Å². The first kappa shape index (κ1) is 22.8. The number of nitrogens with zero attached hydrogens (tertiary/aromatic N) is 3. The summed E-state index contributed by atoms with van der Waals surface area (Å²) in [6, 6.07) is 10.1. The summed E-state index contributed by atoms with van der Waals surface area (Å²) >= 11 is 0. The SMILES string of the molecule is CC(C)(C)C(=O)N1CCC(N2C(=O)NC3(CCN(CCc4ccccc4)CC3)C2=O)CC1. The quantitative estimate of drug-likeness (QED) is 0.731. The second-order valence-corrected chi connectivity index (χ2v) is 10.5. The van der Waals surface area contributed by atoms with Gasteiger partial charge in [-0.25, -0.2) is 4.79 Å². The molecular weight excluding hydrogens is 404 g/mol. The van der Waals surface area contributed by atoms with E-state index in [1.807, 2.05) is 31.7 Å². The van der Waals surface area contributed by atoms with Crippen molar-refractivity contribution >= 4 is 17.8 Å². The standard InChI is InChI=1S/C25H36N4O3/c1-24(2,3)21(30)28-15-10-20(11-16-28)29-22(31)25(26-23(29)32)12-17-27(18-13-25)14-9-19-7-5-4-6-8-19/h4-8,20H,9-18H2,1-3H3,(H,26,32). The van der Waals surface area contributed by atoms with E-state index in [0.29, 0.717) is 38.8 Å². The first-order valence-corrected chi connectivity index (χ1v) is 11.9. The molecule has 0 saturated carbocycles. The molecule has 7 nitrogen and oxygen atoms in total. The van der Waals surface area contributed by atoms with Gasteiger partial charge < -0.3 is 15.1 Å². The van der Waals surface area contributed by atoms with Crippen LogP contribution in [0.5, 0.6) is 0 Å². The molecular formula is C25H36N4O3. The fourth-order valence-corrected chi connectivity index (χ4v) is 5.20. The second kappa shape index (κ2) is 8.85. The van der Waals surface area contributed by atoms with Gasteiger partial charge in [0.05, 0.1) is 0 Å². The Kier molecular flexibility index (Phi) is 6.30. The summed E-state index contributed by atoms with van der Waals surface area (Å²) in [7, 11) is 0. The zero-order valence-corrected chi connectivity index (χ0v) is 19.6. The van der Waals surface area contributed by atoms with E-state index in [2.05, 4.69) is 34.5 Å². The van der Waals surface area contributed by atoms with Crippen LogP contribution in [0.25, 0.3) is 0 Å². The molecule has 174 valence electrons. The highest BCUT2D eigenvalue weighted by atomic mass is 16.2. The van der Waals surface area contributed by atoms with Crippen LogP contribution in [0.3, 0.4) is 0 Å². The summed E-state index contributed by atoms with van der Waals surface area (Å²) in [4.78, 5) is 44.5. The number of hydrogen-bond donors (Lipinski definition) is 1. The Morgan fingerprint density at radius 3 is 2.25 bits per heavy atom. The lowest BCUT2D eigenvalue weighted by atomic mass is 9.86. The molecule has 1 aromatic rings. The van der Waals surface area contributed by atoms with Crippen LogP contribution in [-0.2, 0) is 16.0 Å². The Morgan fingerprint density at radius 1 is 1.03 bits per heavy atom. The van der Waals surface area contributed by atoms with E-state index in [1.165, 1.54) is 10.5 Å². The Hall–Kier alpha value is -2.41. The van der Waals surface area contributed by atoms with E-state index < -0.39 is 11.0 Å². The molecule has 1 N–H and O–H groups in total. The number of rotatable bonds is 4. The number of hydrogen-bond acceptors (Lipinski definition) is 4. The van der Waals surface area contributed by atoms with Crippen molar-refractivity contribution in [1.82, 2.24) is 20.0 Å². The zero-order chi connectivity index (χ0) is 22.9. The molecule has 0 atom stereocenters. The van der Waals surface area contributed by atoms with Crippen LogP contribution in [0.2, 0.25) is 0 Å². The smallest absolute Gasteiger partial charge is 0.325 e. The molecule has 4 rings (SSSR count). The van der Waals surface area contributed by atoms with Gasteiger partial charge in [-0.2, -0.15) is 0 Å². The van der Waals surface area contributed by atoms with E-state index in [0.717, 1.165) is 26.1 Å². The lowest BCUT2D eigenvalue weighted by Crippen LogP contribution is -2.56. The van der Waals surface area contributed by atoms with Crippen LogP contribution in [0.4, 0.5) is 4.79 Å². The number of piperidine rings is 2. The van der Waals surface area contributed by atoms with Gasteiger partial charge in [-0.3, -0.25) is 14.5 Å². The van der Waals surface area contributed by atoms with Crippen molar-refractivity contribution in [1.29, 1.82) is 0 Å². The molecule has 3 heterocycles. The largest absolute Gasteiger partial charge is 0.342 e. The average molecular weight is 441 g/mol. The number of carbonyl (C=O) groups is 3. The second-order valence-electron chi connectivity index (χ2n) is 10.5. The normalized spacial score (nSPS) is 22.5. The summed E-state index contributed by atoms with van der Waals surface area (Å²) < 4.78 is 0. The average Bonchev–Trinajstić information content (AvgIpc) is 3.02. The lowest BCUT2D eigenvalue weighted by molar-refractivity contribution is -0.141. The molecule has 3 aliphatic rings. The molecule has 0 bridgehead atoms. The van der Waals surface area contributed by atoms with Crippen LogP contribution in [0, 0.1) is 5.41 Å². The summed E-state index contributed by atoms with van der Waals surface area (Å²) in [6.45, 7) is 9.55. The lowest BCUT2D eigenvalue weighted by Gasteiger charge is -2.39. The van der Waals surface area contributed by atoms with Crippen molar-refractivity contribution in [3.8, 4) is 0 Å². The number of urea groups is 1. The molecule has 0 unspecified atom stereocenters. The van der Waals surface area contributed by atoms with Gasteiger partial charge in [0.1, 0.15) is 5.54 Å². The maximum absolute atomic E-state index is 13.4. The van der Waals surface area contributed by atoms with E-state index in [4.69, 9.17) is 0 Å². The topological polar surface area (TPSA) is 73.0 Å². The first-order valence-electron chi connectivity index (χ1n) is 11.9. The molecule has 4 amide bonds. The van der Waals surface area contributed by atoms with Gasteiger partial charge >= 0.3 is 6.03 Å². The molecule has 7 heteroatoms. The number of benzene rings is 1. The Balaban J connectivity index is 1.31. The number of nitrogens with one attached hydrogen (secondary N) is 1. The summed E-state index contributed by atoms with van der Waals surface area (Å²) in [5.74, 6) is 0.0679. The first-order chi connectivity index (χ1) is 15.2. The van der Waals surface area contributed by atoms with E-state index >= 15 is 0 Å². The molecule has 1 aromatic carbocycles. The van der Waals surface area contributed by atoms with Crippen molar-refractivity contribution in [3.63, 3.8) is 0 Å². The predicted molar refractivity (Wildman–Crippen MR) is 123 cm³/mol. The highest BCUT2D eigenvalue weighted by Crippen LogP contribution is 2.33. The van der Waals surface area contributed by atoms with Gasteiger partial charge in [0, 0.05) is 44.2 Å². The van der Waals surface area contributed by atoms with Crippen molar-refractivity contribution in [2.45, 2.75) is 64.5 Å². The van der Waals surface area contributed by atoms with Crippen molar-refractivity contribution in [3.05, 3.63) is 35.9 Å². The third kappa shape index (κ3) is 4.53. The Morgan fingerprint density at radius 2 is 1.66 bits per heavy atom. The minimum absolute atomic E-state index is 0.0641. The molecule has 0 radical (unpaired) electrons. The van der Waals surface area contributed by atoms with Crippen LogP contribution in [0.15, 0.2) is 30.3 Å². The number of amides is 4. The van der Waals surface area contributed by atoms with Gasteiger partial charge in [0.25, 0.3) is 5.91 Å². The van der Waals surface area contributed by atoms with Gasteiger partial charge in [-0.05, 0) is 37.7 Å². The molecule has 0 aliphatic carbocycles. The summed E-state index contributed by atoms with van der Waals surface area (Å²) in [5, 5.41) is 3.05. The molecule has 3 fully saturated rings. The minimum Gasteiger partial charge on any atom is -0.342 e. The van der Waals surface area contributed by atoms with Gasteiger partial charge in [-0.15, -0.1) is 0 Å². The highest BCUT2D eigenvalue weighted by molar-refractivity contribution is 6.07. The van der Waals surface area contributed by atoms with Crippen LogP contribution in [-0.4, -0.2) is 76.8 Å². The zero-order valence-electron chi connectivity index (χ0n) is 19.6. The van der Waals surface area contributed by atoms with E-state index in [9.17, 15) is 14.4 Å². The Labute approximate surface area is 191 Å². The molecule has 3 saturated heterocycles. The monoisotopic (exact) mass is 440 g/mol. The number of imide groups is 1. The minimum atomic E-state index is -0.751. The summed E-state index contributed by atoms with van der Waals surface area (Å²) in [5.41, 5.74) is 0.158. The van der Waals surface area contributed by atoms with Gasteiger partial charge in [0.2, 0.25) is 5.91 Å². The van der Waals surface area contributed by atoms with Gasteiger partial charge in [-0.1, -0.05) is 51.1 Å². The van der Waals surface area contributed by atoms with Crippen molar-refractivity contribution in [2.75, 3.05) is 32.7 Å². The third-order valence-electron chi connectivity index (χ3n) is 7.22. The fraction of sp³-hybridized carbons (Fsp3) is 0.640. The molecule has 32 heavy (non-hydrogen) atoms. The van der Waals surface area contributed by atoms with E-state index in [1.54, 1.807) is 0 Å². The maximum atomic E-state index is 13.4. The van der Waals surface area contributed by atoms with Gasteiger partial charge in [0.15, 0.2) is 0 Å². The summed E-state index contributed by atoms with van der Waals surface area (Å²) in [6.07, 6.45) is 3.61. The van der Waals surface area contributed by atoms with E-state index in [-0.39, 0.29) is 23.9 Å². The molecule has 3 aliphatic heterocycles. The number of carbonyl (C=O) groups excluding carboxylic acids is 3. The van der Waals surface area contributed by atoms with Crippen LogP contribution < -0.4 is 5.32 Å².